The molecule has 2 aromatic carbocycles. The quantitative estimate of drug-likeness (QED) is 0.679. The van der Waals surface area contributed by atoms with Gasteiger partial charge in [0.2, 0.25) is 0 Å². The molecule has 2 aromatic rings. The summed E-state index contributed by atoms with van der Waals surface area (Å²) in [4.78, 5) is 29.2. The highest BCUT2D eigenvalue weighted by atomic mass is 79.9. The van der Waals surface area contributed by atoms with Crippen LogP contribution in [0.5, 0.6) is 0 Å². The number of rotatable bonds is 3. The normalized spacial score (nSPS) is 27.8. The predicted octanol–water partition coefficient (Wildman–Crippen LogP) is 3.81. The molecule has 1 saturated heterocycles. The summed E-state index contributed by atoms with van der Waals surface area (Å²) in [6.07, 6.45) is -1.15. The lowest BCUT2D eigenvalue weighted by molar-refractivity contribution is -0.151. The highest BCUT2D eigenvalue weighted by molar-refractivity contribution is 9.10. The van der Waals surface area contributed by atoms with Gasteiger partial charge in [-0.15, -0.1) is 0 Å². The average molecular weight is 493 g/mol. The zero-order valence-electron chi connectivity index (χ0n) is 15.9. The first kappa shape index (κ1) is 21.0. The Bertz CT molecular complexity index is 1050. The Morgan fingerprint density at radius 3 is 2.73 bits per heavy atom. The Morgan fingerprint density at radius 2 is 2.03 bits per heavy atom. The van der Waals surface area contributed by atoms with E-state index < -0.39 is 28.8 Å². The number of carboxylic acids is 1. The van der Waals surface area contributed by atoms with Crippen LogP contribution >= 0.6 is 27.7 Å². The Labute approximate surface area is 185 Å². The van der Waals surface area contributed by atoms with Crippen LogP contribution < -0.4 is 5.32 Å². The van der Waals surface area contributed by atoms with Gasteiger partial charge in [-0.05, 0) is 30.3 Å². The molecule has 0 unspecified atom stereocenters. The van der Waals surface area contributed by atoms with Crippen molar-refractivity contribution < 1.29 is 23.8 Å². The number of carbonyl (C=O) groups is 2. The Hall–Kier alpha value is -2.23. The number of aliphatic imine (C=N–C) groups is 1. The Balaban J connectivity index is 1.80. The van der Waals surface area contributed by atoms with Crippen LogP contribution in [0.2, 0.25) is 0 Å². The Kier molecular flexibility index (Phi) is 5.46. The molecule has 1 amide bonds. The van der Waals surface area contributed by atoms with Gasteiger partial charge in [-0.2, -0.15) is 0 Å². The summed E-state index contributed by atoms with van der Waals surface area (Å²) < 4.78 is 21.2. The number of nitrogens with one attached hydrogen (secondary N) is 1. The van der Waals surface area contributed by atoms with Gasteiger partial charge >= 0.3 is 5.97 Å². The van der Waals surface area contributed by atoms with Gasteiger partial charge in [-0.3, -0.25) is 4.79 Å². The molecular weight excluding hydrogens is 475 g/mol. The molecule has 4 rings (SSSR count). The number of fused-ring (bicyclic) bond motifs is 1. The van der Waals surface area contributed by atoms with E-state index >= 15 is 0 Å². The molecule has 2 N–H and O–H groups in total. The molecule has 0 bridgehead atoms. The van der Waals surface area contributed by atoms with Crippen LogP contribution in [0.15, 0.2) is 58.0 Å². The van der Waals surface area contributed by atoms with E-state index in [9.17, 15) is 19.1 Å². The molecule has 3 atom stereocenters. The second-order valence-electron chi connectivity index (χ2n) is 7.46. The lowest BCUT2D eigenvalue weighted by Crippen LogP contribution is -2.53. The molecule has 0 spiro atoms. The third-order valence-electron chi connectivity index (χ3n) is 5.64. The van der Waals surface area contributed by atoms with Crippen LogP contribution in [0, 0.1) is 11.2 Å². The third kappa shape index (κ3) is 3.34. The molecule has 0 aromatic heterocycles. The van der Waals surface area contributed by atoms with E-state index in [1.54, 1.807) is 43.3 Å². The molecule has 30 heavy (non-hydrogen) atoms. The molecule has 9 heteroatoms. The molecule has 6 nitrogen and oxygen atoms in total. The zero-order chi connectivity index (χ0) is 21.5. The number of aliphatic carboxylic acids is 1. The van der Waals surface area contributed by atoms with Crippen molar-refractivity contribution in [2.45, 2.75) is 18.6 Å². The van der Waals surface area contributed by atoms with Gasteiger partial charge < -0.3 is 15.2 Å². The molecule has 2 aliphatic rings. The van der Waals surface area contributed by atoms with Crippen molar-refractivity contribution in [1.82, 2.24) is 5.32 Å². The van der Waals surface area contributed by atoms with E-state index in [-0.39, 0.29) is 23.8 Å². The van der Waals surface area contributed by atoms with Crippen LogP contribution in [0.4, 0.5) is 4.39 Å². The van der Waals surface area contributed by atoms with E-state index in [2.05, 4.69) is 21.2 Å². The number of ether oxygens (including phenoxy) is 1. The minimum atomic E-state index is -1.30. The smallest absolute Gasteiger partial charge is 0.333 e. The standard InChI is InChI=1S/C21H18BrFN2O4S/c1-20-11-30-19(24-17(26)12-5-3-2-4-6-12)25-21(20,10-29-16(20)18(27)28)14-9-13(22)7-8-15(14)23/h2-9,16H,10-11H2,1H3,(H,27,28)(H,24,25,26)/t16-,20-,21-/m1/s1. The number of nitrogens with zero attached hydrogens (tertiary/aromatic N) is 1. The first-order valence-electron chi connectivity index (χ1n) is 9.16. The van der Waals surface area contributed by atoms with Gasteiger partial charge in [0.15, 0.2) is 11.3 Å². The van der Waals surface area contributed by atoms with Gasteiger partial charge in [0.05, 0.1) is 6.61 Å². The van der Waals surface area contributed by atoms with E-state index in [0.29, 0.717) is 15.2 Å². The minimum absolute atomic E-state index is 0.112. The number of carbonyl (C=O) groups excluding carboxylic acids is 1. The van der Waals surface area contributed by atoms with Crippen molar-refractivity contribution in [2.24, 2.45) is 10.4 Å². The highest BCUT2D eigenvalue weighted by Gasteiger charge is 2.65. The summed E-state index contributed by atoms with van der Waals surface area (Å²) in [5.41, 5.74) is -1.63. The number of hydrogen-bond donors (Lipinski definition) is 2. The largest absolute Gasteiger partial charge is 0.479 e. The van der Waals surface area contributed by atoms with Crippen LogP contribution in [0.1, 0.15) is 22.8 Å². The summed E-state index contributed by atoms with van der Waals surface area (Å²) in [6.45, 7) is 1.63. The number of amides is 1. The van der Waals surface area contributed by atoms with Crippen LogP contribution in [0.3, 0.4) is 0 Å². The van der Waals surface area contributed by atoms with Crippen molar-refractivity contribution >= 4 is 44.7 Å². The van der Waals surface area contributed by atoms with Gasteiger partial charge in [-0.1, -0.05) is 52.8 Å². The summed E-state index contributed by atoms with van der Waals surface area (Å²) in [6, 6.07) is 13.1. The fourth-order valence-electron chi connectivity index (χ4n) is 3.98. The number of thioether (sulfide) groups is 1. The van der Waals surface area contributed by atoms with E-state index in [4.69, 9.17) is 9.73 Å². The first-order chi connectivity index (χ1) is 14.3. The SMILES string of the molecule is C[C@]12CSC(NC(=O)c3ccccc3)=N[C@@]1(c1cc(Br)ccc1F)CO[C@@H]2C(=O)O. The first-order valence-corrected chi connectivity index (χ1v) is 10.9. The number of amidine groups is 1. The molecule has 156 valence electrons. The van der Waals surface area contributed by atoms with Crippen LogP contribution in [0.25, 0.3) is 0 Å². The molecule has 2 heterocycles. The van der Waals surface area contributed by atoms with Gasteiger partial charge in [-0.25, -0.2) is 14.2 Å². The van der Waals surface area contributed by atoms with Gasteiger partial charge in [0.1, 0.15) is 11.4 Å². The maximum atomic E-state index is 15.0. The molecule has 1 fully saturated rings. The maximum absolute atomic E-state index is 15.0. The topological polar surface area (TPSA) is 88.0 Å². The summed E-state index contributed by atoms with van der Waals surface area (Å²) in [5.74, 6) is -1.70. The third-order valence-corrected chi connectivity index (χ3v) is 7.34. The molecule has 0 radical (unpaired) electrons. The summed E-state index contributed by atoms with van der Waals surface area (Å²) >= 11 is 4.58. The van der Waals surface area contributed by atoms with Crippen molar-refractivity contribution in [3.63, 3.8) is 0 Å². The number of benzene rings is 2. The second kappa shape index (κ2) is 7.79. The fourth-order valence-corrected chi connectivity index (χ4v) is 5.55. The number of halogens is 2. The molecular formula is C21H18BrFN2O4S. The van der Waals surface area contributed by atoms with E-state index in [1.807, 2.05) is 6.07 Å². The molecule has 2 aliphatic heterocycles. The summed E-state index contributed by atoms with van der Waals surface area (Å²) in [7, 11) is 0. The zero-order valence-corrected chi connectivity index (χ0v) is 18.3. The minimum Gasteiger partial charge on any atom is -0.479 e. The average Bonchev–Trinajstić information content (AvgIpc) is 3.04. The Morgan fingerprint density at radius 1 is 1.30 bits per heavy atom. The van der Waals surface area contributed by atoms with E-state index in [1.165, 1.54) is 17.8 Å². The van der Waals surface area contributed by atoms with Crippen molar-refractivity contribution in [2.75, 3.05) is 12.4 Å². The van der Waals surface area contributed by atoms with Crippen LogP contribution in [-0.4, -0.2) is 40.6 Å². The van der Waals surface area contributed by atoms with Gasteiger partial charge in [0, 0.05) is 26.8 Å². The monoisotopic (exact) mass is 492 g/mol. The number of carboxylic acid groups (broad SMARTS) is 1. The highest BCUT2D eigenvalue weighted by Crippen LogP contribution is 2.56. The second-order valence-corrected chi connectivity index (χ2v) is 9.34. The maximum Gasteiger partial charge on any atom is 0.333 e. The lowest BCUT2D eigenvalue weighted by atomic mass is 9.67. The lowest BCUT2D eigenvalue weighted by Gasteiger charge is -2.44. The molecule has 0 saturated carbocycles. The van der Waals surface area contributed by atoms with Crippen LogP contribution in [-0.2, 0) is 15.1 Å². The summed E-state index contributed by atoms with van der Waals surface area (Å²) in [5, 5.41) is 12.8. The van der Waals surface area contributed by atoms with E-state index in [0.717, 1.165) is 0 Å². The van der Waals surface area contributed by atoms with Crippen molar-refractivity contribution in [3.8, 4) is 0 Å². The molecule has 0 aliphatic carbocycles. The van der Waals surface area contributed by atoms with Crippen molar-refractivity contribution in [1.29, 1.82) is 0 Å². The fraction of sp³-hybridized carbons (Fsp3) is 0.286. The predicted molar refractivity (Wildman–Crippen MR) is 115 cm³/mol. The van der Waals surface area contributed by atoms with Crippen molar-refractivity contribution in [3.05, 3.63) is 69.9 Å². The van der Waals surface area contributed by atoms with Gasteiger partial charge in [0.25, 0.3) is 5.91 Å². The number of hydrogen-bond acceptors (Lipinski definition) is 5.